The van der Waals surface area contributed by atoms with E-state index in [9.17, 15) is 17.1 Å². The third-order valence-corrected chi connectivity index (χ3v) is 4.22. The minimum absolute atomic E-state index is 0.0150. The van der Waals surface area contributed by atoms with Crippen molar-refractivity contribution in [3.63, 3.8) is 0 Å². The van der Waals surface area contributed by atoms with Gasteiger partial charge in [-0.2, -0.15) is 8.42 Å². The lowest BCUT2D eigenvalue weighted by molar-refractivity contribution is -0.117. The Morgan fingerprint density at radius 2 is 2.16 bits per heavy atom. The summed E-state index contributed by atoms with van der Waals surface area (Å²) in [6, 6.07) is 6.86. The van der Waals surface area contributed by atoms with Crippen molar-refractivity contribution < 1.29 is 22.2 Å². The summed E-state index contributed by atoms with van der Waals surface area (Å²) in [7, 11) is -4.70. The van der Waals surface area contributed by atoms with E-state index in [1.807, 2.05) is 0 Å². The summed E-state index contributed by atoms with van der Waals surface area (Å²) in [5.41, 5.74) is 1.36. The van der Waals surface area contributed by atoms with Gasteiger partial charge < -0.3 is 10.0 Å². The van der Waals surface area contributed by atoms with Crippen LogP contribution < -0.4 is 4.90 Å². The quantitative estimate of drug-likeness (QED) is 0.824. The molecule has 1 N–H and O–H groups in total. The molecule has 1 unspecified atom stereocenters. The fraction of sp³-hybridized carbons (Fsp3) is 0.417. The predicted molar refractivity (Wildman–Crippen MR) is 68.0 cm³/mol. The van der Waals surface area contributed by atoms with E-state index in [1.165, 1.54) is 4.90 Å². The highest BCUT2D eigenvalue weighted by Gasteiger charge is 2.39. The smallest absolute Gasteiger partial charge is 0.307 e. The summed E-state index contributed by atoms with van der Waals surface area (Å²) in [5, 5.41) is 7.58. The van der Waals surface area contributed by atoms with Crippen LogP contribution in [0.4, 0.5) is 9.57 Å². The normalized spacial score (nSPS) is 20.0. The fourth-order valence-electron chi connectivity index (χ4n) is 2.12. The topological polar surface area (TPSA) is 74.7 Å². The number of hydrogen-bond acceptors (Lipinski definition) is 4. The number of carbonyl (C=O) groups is 1. The van der Waals surface area contributed by atoms with E-state index in [4.69, 9.17) is 5.11 Å². The van der Waals surface area contributed by atoms with Gasteiger partial charge in [-0.05, 0) is 24.1 Å². The highest BCUT2D eigenvalue weighted by molar-refractivity contribution is 7.87. The number of rotatable bonds is 4. The maximum absolute atomic E-state index is 12.9. The van der Waals surface area contributed by atoms with Gasteiger partial charge in [0.15, 0.2) is 0 Å². The fourth-order valence-corrected chi connectivity index (χ4v) is 2.79. The summed E-state index contributed by atoms with van der Waals surface area (Å²) in [6.07, 6.45) is 0.115. The maximum Gasteiger partial charge on any atom is 0.307 e. The van der Waals surface area contributed by atoms with E-state index in [0.29, 0.717) is 12.1 Å². The Morgan fingerprint density at radius 1 is 1.42 bits per heavy atom. The molecule has 1 aromatic carbocycles. The molecule has 0 radical (unpaired) electrons. The van der Waals surface area contributed by atoms with E-state index >= 15 is 0 Å². The van der Waals surface area contributed by atoms with Gasteiger partial charge in [0, 0.05) is 25.3 Å². The Morgan fingerprint density at radius 3 is 2.74 bits per heavy atom. The van der Waals surface area contributed by atoms with Crippen molar-refractivity contribution in [2.45, 2.75) is 18.1 Å². The van der Waals surface area contributed by atoms with Crippen molar-refractivity contribution in [1.29, 1.82) is 0 Å². The van der Waals surface area contributed by atoms with Gasteiger partial charge in [0.1, 0.15) is 5.25 Å². The third-order valence-electron chi connectivity index (χ3n) is 3.11. The van der Waals surface area contributed by atoms with Gasteiger partial charge in [-0.1, -0.05) is 12.1 Å². The van der Waals surface area contributed by atoms with E-state index in [-0.39, 0.29) is 19.6 Å². The molecule has 1 saturated heterocycles. The Balaban J connectivity index is 2.23. The van der Waals surface area contributed by atoms with Gasteiger partial charge in [0.05, 0.1) is 0 Å². The summed E-state index contributed by atoms with van der Waals surface area (Å²) in [4.78, 5) is 13.0. The van der Waals surface area contributed by atoms with Crippen LogP contribution in [0.25, 0.3) is 0 Å². The van der Waals surface area contributed by atoms with Crippen molar-refractivity contribution in [2.24, 2.45) is 0 Å². The molecule has 1 heterocycles. The highest BCUT2D eigenvalue weighted by atomic mass is 32.3. The molecule has 1 aliphatic rings. The third kappa shape index (κ3) is 3.10. The first-order chi connectivity index (χ1) is 8.91. The predicted octanol–water partition coefficient (Wildman–Crippen LogP) is 0.626. The second kappa shape index (κ2) is 5.26. The molecule has 0 aromatic heterocycles. The van der Waals surface area contributed by atoms with E-state index < -0.39 is 21.4 Å². The number of hydrogen-bond donors (Lipinski definition) is 1. The van der Waals surface area contributed by atoms with E-state index in [1.54, 1.807) is 24.3 Å². The molecule has 2 rings (SSSR count). The van der Waals surface area contributed by atoms with Crippen molar-refractivity contribution in [2.75, 3.05) is 18.1 Å². The minimum atomic E-state index is -4.70. The van der Waals surface area contributed by atoms with Gasteiger partial charge in [-0.25, -0.2) is 0 Å². The zero-order chi connectivity index (χ0) is 14.0. The Kier molecular flexibility index (Phi) is 3.86. The van der Waals surface area contributed by atoms with E-state index in [0.717, 1.165) is 5.56 Å². The van der Waals surface area contributed by atoms with Gasteiger partial charge in [-0.15, -0.1) is 3.89 Å². The zero-order valence-electron chi connectivity index (χ0n) is 10.1. The first-order valence-electron chi connectivity index (χ1n) is 5.85. The maximum atomic E-state index is 12.9. The number of aliphatic hydroxyl groups excluding tert-OH is 1. The number of benzene rings is 1. The summed E-state index contributed by atoms with van der Waals surface area (Å²) in [6.45, 7) is -0.181. The Hall–Kier alpha value is -1.47. The highest BCUT2D eigenvalue weighted by Crippen LogP contribution is 2.26. The molecular formula is C12H14FNO4S. The van der Waals surface area contributed by atoms with Gasteiger partial charge in [0.25, 0.3) is 0 Å². The minimum Gasteiger partial charge on any atom is -0.396 e. The van der Waals surface area contributed by atoms with Crippen LogP contribution >= 0.6 is 0 Å². The Labute approximate surface area is 110 Å². The van der Waals surface area contributed by atoms with Crippen molar-refractivity contribution in [3.8, 4) is 0 Å². The summed E-state index contributed by atoms with van der Waals surface area (Å²) < 4.78 is 34.6. The molecule has 1 fully saturated rings. The molecule has 19 heavy (non-hydrogen) atoms. The van der Waals surface area contributed by atoms with Crippen LogP contribution in [0, 0.1) is 0 Å². The van der Waals surface area contributed by atoms with Crippen LogP contribution in [0.1, 0.15) is 12.0 Å². The summed E-state index contributed by atoms with van der Waals surface area (Å²) >= 11 is 0. The second-order valence-corrected chi connectivity index (χ2v) is 6.07. The molecule has 0 spiro atoms. The first kappa shape index (κ1) is 14.0. The van der Waals surface area contributed by atoms with Crippen LogP contribution in [0.15, 0.2) is 24.3 Å². The first-order valence-corrected chi connectivity index (χ1v) is 7.30. The number of halogens is 1. The molecule has 5 nitrogen and oxygen atoms in total. The van der Waals surface area contributed by atoms with Crippen LogP contribution in [0.2, 0.25) is 0 Å². The van der Waals surface area contributed by atoms with E-state index in [2.05, 4.69) is 0 Å². The standard InChI is InChI=1S/C12H14FNO4S/c13-19(17,18)11-7-12(16)14(8-11)10-3-1-2-9(6-10)4-5-15/h1-3,6,11,15H,4-5,7-8H2. The molecule has 1 amide bonds. The monoisotopic (exact) mass is 287 g/mol. The molecule has 1 aliphatic heterocycles. The molecule has 0 aliphatic carbocycles. The number of amides is 1. The SMILES string of the molecule is O=C1CC(S(=O)(=O)F)CN1c1cccc(CCO)c1. The lowest BCUT2D eigenvalue weighted by atomic mass is 10.1. The molecular weight excluding hydrogens is 273 g/mol. The van der Waals surface area contributed by atoms with Crippen LogP contribution in [-0.2, 0) is 21.4 Å². The summed E-state index contributed by atoms with van der Waals surface area (Å²) in [5.74, 6) is -0.410. The lowest BCUT2D eigenvalue weighted by Crippen LogP contribution is -2.26. The van der Waals surface area contributed by atoms with Gasteiger partial charge >= 0.3 is 10.2 Å². The molecule has 0 saturated carbocycles. The van der Waals surface area contributed by atoms with Crippen molar-refractivity contribution in [3.05, 3.63) is 29.8 Å². The molecule has 1 atom stereocenters. The molecule has 104 valence electrons. The lowest BCUT2D eigenvalue weighted by Gasteiger charge is -2.16. The number of carbonyl (C=O) groups excluding carboxylic acids is 1. The Bertz CT molecular complexity index is 587. The second-order valence-electron chi connectivity index (χ2n) is 4.45. The van der Waals surface area contributed by atoms with Gasteiger partial charge in [-0.3, -0.25) is 4.79 Å². The molecule has 1 aromatic rings. The van der Waals surface area contributed by atoms with Crippen molar-refractivity contribution >= 4 is 21.8 Å². The largest absolute Gasteiger partial charge is 0.396 e. The number of aliphatic hydroxyl groups is 1. The van der Waals surface area contributed by atoms with Crippen LogP contribution in [0.5, 0.6) is 0 Å². The molecule has 7 heteroatoms. The van der Waals surface area contributed by atoms with Crippen LogP contribution in [0.3, 0.4) is 0 Å². The average Bonchev–Trinajstić information content (AvgIpc) is 2.72. The van der Waals surface area contributed by atoms with Gasteiger partial charge in [0.2, 0.25) is 5.91 Å². The zero-order valence-corrected chi connectivity index (χ0v) is 10.9. The number of anilines is 1. The average molecular weight is 287 g/mol. The number of nitrogens with zero attached hydrogens (tertiary/aromatic N) is 1. The van der Waals surface area contributed by atoms with Crippen LogP contribution in [-0.4, -0.2) is 37.8 Å². The van der Waals surface area contributed by atoms with Crippen molar-refractivity contribution in [1.82, 2.24) is 0 Å². The molecule has 0 bridgehead atoms.